The van der Waals surface area contributed by atoms with E-state index in [9.17, 15) is 5.11 Å². The Labute approximate surface area is 117 Å². The van der Waals surface area contributed by atoms with Crippen LogP contribution in [0.1, 0.15) is 38.5 Å². The molecule has 0 aromatic carbocycles. The number of ether oxygens (including phenoxy) is 1. The van der Waals surface area contributed by atoms with Crippen LogP contribution in [-0.4, -0.2) is 55.5 Å². The van der Waals surface area contributed by atoms with Crippen molar-refractivity contribution in [3.63, 3.8) is 0 Å². The SMILES string of the molecule is COCC1CCN(CCC2CCCC2(O)CN)CC1. The highest BCUT2D eigenvalue weighted by molar-refractivity contribution is 4.93. The normalized spacial score (nSPS) is 33.9. The van der Waals surface area contributed by atoms with E-state index in [1.165, 1.54) is 25.9 Å². The molecule has 2 unspecified atom stereocenters. The Morgan fingerprint density at radius 1 is 1.32 bits per heavy atom. The zero-order valence-corrected chi connectivity index (χ0v) is 12.3. The molecule has 4 nitrogen and oxygen atoms in total. The zero-order valence-electron chi connectivity index (χ0n) is 12.3. The minimum absolute atomic E-state index is 0.411. The Morgan fingerprint density at radius 2 is 2.05 bits per heavy atom. The van der Waals surface area contributed by atoms with Crippen molar-refractivity contribution in [2.45, 2.75) is 44.1 Å². The maximum atomic E-state index is 10.4. The van der Waals surface area contributed by atoms with Gasteiger partial charge in [0, 0.05) is 20.3 Å². The quantitative estimate of drug-likeness (QED) is 0.762. The van der Waals surface area contributed by atoms with Gasteiger partial charge in [-0.2, -0.15) is 0 Å². The number of methoxy groups -OCH3 is 1. The highest BCUT2D eigenvalue weighted by atomic mass is 16.5. The van der Waals surface area contributed by atoms with Gasteiger partial charge in [0.15, 0.2) is 0 Å². The van der Waals surface area contributed by atoms with Crippen LogP contribution < -0.4 is 5.73 Å². The summed E-state index contributed by atoms with van der Waals surface area (Å²) in [6.07, 6.45) is 6.77. The lowest BCUT2D eigenvalue weighted by molar-refractivity contribution is 0.00269. The van der Waals surface area contributed by atoms with E-state index >= 15 is 0 Å². The number of hydrogen-bond donors (Lipinski definition) is 2. The Balaban J connectivity index is 1.69. The van der Waals surface area contributed by atoms with Crippen molar-refractivity contribution in [1.82, 2.24) is 4.90 Å². The van der Waals surface area contributed by atoms with Gasteiger partial charge in [0.05, 0.1) is 5.60 Å². The number of rotatable bonds is 6. The number of piperidine rings is 1. The van der Waals surface area contributed by atoms with Crippen LogP contribution >= 0.6 is 0 Å². The molecule has 2 aliphatic rings. The van der Waals surface area contributed by atoms with Gasteiger partial charge in [0.2, 0.25) is 0 Å². The minimum atomic E-state index is -0.575. The smallest absolute Gasteiger partial charge is 0.0797 e. The molecule has 19 heavy (non-hydrogen) atoms. The van der Waals surface area contributed by atoms with Gasteiger partial charge in [0.1, 0.15) is 0 Å². The van der Waals surface area contributed by atoms with Crippen molar-refractivity contribution in [3.8, 4) is 0 Å². The molecule has 2 rings (SSSR count). The maximum absolute atomic E-state index is 10.4. The lowest BCUT2D eigenvalue weighted by atomic mass is 9.87. The van der Waals surface area contributed by atoms with Gasteiger partial charge in [-0.1, -0.05) is 6.42 Å². The Hall–Kier alpha value is -0.160. The van der Waals surface area contributed by atoms with Crippen molar-refractivity contribution < 1.29 is 9.84 Å². The summed E-state index contributed by atoms with van der Waals surface area (Å²) in [4.78, 5) is 2.54. The lowest BCUT2D eigenvalue weighted by Crippen LogP contribution is -2.43. The molecule has 4 heteroatoms. The van der Waals surface area contributed by atoms with E-state index in [-0.39, 0.29) is 0 Å². The van der Waals surface area contributed by atoms with Crippen LogP contribution in [0, 0.1) is 11.8 Å². The Morgan fingerprint density at radius 3 is 2.68 bits per heavy atom. The molecule has 112 valence electrons. The molecule has 2 atom stereocenters. The Bertz CT molecular complexity index is 267. The van der Waals surface area contributed by atoms with Crippen LogP contribution in [0.2, 0.25) is 0 Å². The molecule has 2 fully saturated rings. The van der Waals surface area contributed by atoms with Crippen molar-refractivity contribution in [3.05, 3.63) is 0 Å². The van der Waals surface area contributed by atoms with Crippen molar-refractivity contribution >= 4 is 0 Å². The van der Waals surface area contributed by atoms with Crippen LogP contribution in [0.15, 0.2) is 0 Å². The first-order chi connectivity index (χ1) is 9.18. The highest BCUT2D eigenvalue weighted by Gasteiger charge is 2.39. The second-order valence-electron chi connectivity index (χ2n) is 6.43. The average molecular weight is 270 g/mol. The number of likely N-dealkylation sites (tertiary alicyclic amines) is 1. The largest absolute Gasteiger partial charge is 0.388 e. The molecule has 0 aromatic rings. The molecular weight excluding hydrogens is 240 g/mol. The monoisotopic (exact) mass is 270 g/mol. The molecule has 1 saturated carbocycles. The van der Waals surface area contributed by atoms with Crippen LogP contribution in [0.4, 0.5) is 0 Å². The number of aliphatic hydroxyl groups is 1. The third kappa shape index (κ3) is 3.91. The van der Waals surface area contributed by atoms with E-state index in [0.717, 1.165) is 44.8 Å². The first kappa shape index (κ1) is 15.2. The first-order valence-corrected chi connectivity index (χ1v) is 7.81. The van der Waals surface area contributed by atoms with E-state index in [2.05, 4.69) is 4.90 Å². The molecule has 1 aliphatic carbocycles. The van der Waals surface area contributed by atoms with Gasteiger partial charge in [-0.05, 0) is 63.6 Å². The molecule has 3 N–H and O–H groups in total. The van der Waals surface area contributed by atoms with E-state index < -0.39 is 5.60 Å². The summed E-state index contributed by atoms with van der Waals surface area (Å²) in [6.45, 7) is 4.81. The second-order valence-corrected chi connectivity index (χ2v) is 6.43. The van der Waals surface area contributed by atoms with Crippen molar-refractivity contribution in [2.75, 3.05) is 39.9 Å². The van der Waals surface area contributed by atoms with Crippen molar-refractivity contribution in [1.29, 1.82) is 0 Å². The van der Waals surface area contributed by atoms with E-state index in [4.69, 9.17) is 10.5 Å². The zero-order chi connectivity index (χ0) is 13.7. The lowest BCUT2D eigenvalue weighted by Gasteiger charge is -2.34. The number of nitrogens with two attached hydrogens (primary N) is 1. The molecule has 1 saturated heterocycles. The predicted octanol–water partition coefficient (Wildman–Crippen LogP) is 1.22. The minimum Gasteiger partial charge on any atom is -0.388 e. The summed E-state index contributed by atoms with van der Waals surface area (Å²) in [5.74, 6) is 1.16. The van der Waals surface area contributed by atoms with E-state index in [0.29, 0.717) is 12.5 Å². The van der Waals surface area contributed by atoms with Gasteiger partial charge >= 0.3 is 0 Å². The summed E-state index contributed by atoms with van der Waals surface area (Å²) < 4.78 is 5.23. The van der Waals surface area contributed by atoms with Crippen LogP contribution in [-0.2, 0) is 4.74 Å². The van der Waals surface area contributed by atoms with Gasteiger partial charge in [0.25, 0.3) is 0 Å². The summed E-state index contributed by atoms with van der Waals surface area (Å²) >= 11 is 0. The molecule has 0 amide bonds. The van der Waals surface area contributed by atoms with Gasteiger partial charge in [-0.25, -0.2) is 0 Å². The summed E-state index contributed by atoms with van der Waals surface area (Å²) in [6, 6.07) is 0. The Kier molecular flexibility index (Phi) is 5.63. The van der Waals surface area contributed by atoms with Crippen molar-refractivity contribution in [2.24, 2.45) is 17.6 Å². The fourth-order valence-electron chi connectivity index (χ4n) is 3.76. The fraction of sp³-hybridized carbons (Fsp3) is 1.00. The molecule has 0 radical (unpaired) electrons. The molecule has 0 bridgehead atoms. The predicted molar refractivity (Wildman–Crippen MR) is 77.0 cm³/mol. The maximum Gasteiger partial charge on any atom is 0.0797 e. The molecular formula is C15H30N2O2. The van der Waals surface area contributed by atoms with E-state index in [1.807, 2.05) is 0 Å². The van der Waals surface area contributed by atoms with Gasteiger partial charge in [-0.3, -0.25) is 0 Å². The fourth-order valence-corrected chi connectivity index (χ4v) is 3.76. The van der Waals surface area contributed by atoms with Crippen LogP contribution in [0.3, 0.4) is 0 Å². The first-order valence-electron chi connectivity index (χ1n) is 7.81. The second kappa shape index (κ2) is 7.02. The van der Waals surface area contributed by atoms with E-state index in [1.54, 1.807) is 7.11 Å². The standard InChI is InChI=1S/C15H30N2O2/c1-19-11-13-4-8-17(9-5-13)10-6-14-3-2-7-15(14,18)12-16/h13-14,18H,2-12,16H2,1H3. The highest BCUT2D eigenvalue weighted by Crippen LogP contribution is 2.37. The number of nitrogens with zero attached hydrogens (tertiary/aromatic N) is 1. The topological polar surface area (TPSA) is 58.7 Å². The molecule has 1 aliphatic heterocycles. The third-order valence-corrected chi connectivity index (χ3v) is 5.18. The molecule has 0 aromatic heterocycles. The van der Waals surface area contributed by atoms with Gasteiger partial charge < -0.3 is 20.5 Å². The van der Waals surface area contributed by atoms with Gasteiger partial charge in [-0.15, -0.1) is 0 Å². The van der Waals surface area contributed by atoms with Crippen LogP contribution in [0.25, 0.3) is 0 Å². The molecule has 1 heterocycles. The van der Waals surface area contributed by atoms with Crippen LogP contribution in [0.5, 0.6) is 0 Å². The number of hydrogen-bond acceptors (Lipinski definition) is 4. The summed E-state index contributed by atoms with van der Waals surface area (Å²) in [5, 5.41) is 10.4. The molecule has 0 spiro atoms. The summed E-state index contributed by atoms with van der Waals surface area (Å²) in [5.41, 5.74) is 5.17. The summed E-state index contributed by atoms with van der Waals surface area (Å²) in [7, 11) is 1.79. The average Bonchev–Trinajstić information content (AvgIpc) is 2.80. The third-order valence-electron chi connectivity index (χ3n) is 5.18.